The van der Waals surface area contributed by atoms with Crippen molar-refractivity contribution < 1.29 is 4.74 Å². The van der Waals surface area contributed by atoms with Crippen LogP contribution in [0.3, 0.4) is 0 Å². The van der Waals surface area contributed by atoms with Gasteiger partial charge in [-0.3, -0.25) is 0 Å². The molecular weight excluding hydrogens is 348 g/mol. The van der Waals surface area contributed by atoms with E-state index in [-0.39, 0.29) is 0 Å². The zero-order valence-electron chi connectivity index (χ0n) is 10.5. The second kappa shape index (κ2) is 6.90. The molecular formula is C13H12BrClN2OS. The molecule has 0 aliphatic carbocycles. The molecule has 0 bridgehead atoms. The Morgan fingerprint density at radius 2 is 2.32 bits per heavy atom. The highest BCUT2D eigenvalue weighted by Crippen LogP contribution is 2.37. The zero-order valence-corrected chi connectivity index (χ0v) is 13.7. The summed E-state index contributed by atoms with van der Waals surface area (Å²) in [6.07, 6.45) is 2.18. The van der Waals surface area contributed by atoms with Crippen molar-refractivity contribution in [3.63, 3.8) is 0 Å². The van der Waals surface area contributed by atoms with Crippen molar-refractivity contribution >= 4 is 44.9 Å². The molecule has 0 saturated carbocycles. The van der Waals surface area contributed by atoms with Crippen LogP contribution in [0, 0.1) is 11.3 Å². The first kappa shape index (κ1) is 16.0. The summed E-state index contributed by atoms with van der Waals surface area (Å²) in [5, 5.41) is 9.72. The maximum atomic E-state index is 9.04. The summed E-state index contributed by atoms with van der Waals surface area (Å²) in [5.41, 5.74) is 1.07. The monoisotopic (exact) mass is 358 g/mol. The third-order valence-corrected chi connectivity index (χ3v) is 3.76. The third kappa shape index (κ3) is 3.69. The predicted molar refractivity (Wildman–Crippen MR) is 84.7 cm³/mol. The van der Waals surface area contributed by atoms with Crippen molar-refractivity contribution in [1.82, 2.24) is 4.90 Å². The number of ether oxygens (including phenoxy) is 1. The molecule has 0 aromatic heterocycles. The third-order valence-electron chi connectivity index (χ3n) is 2.29. The number of thiocarbonyl (C=S) groups is 1. The fraction of sp³-hybridized carbons (Fsp3) is 0.231. The van der Waals surface area contributed by atoms with E-state index in [1.54, 1.807) is 31.1 Å². The fourth-order valence-corrected chi connectivity index (χ4v) is 2.25. The topological polar surface area (TPSA) is 36.3 Å². The van der Waals surface area contributed by atoms with Gasteiger partial charge in [0.1, 0.15) is 11.8 Å². The molecule has 19 heavy (non-hydrogen) atoms. The normalized spacial score (nSPS) is 9.63. The molecule has 100 valence electrons. The molecule has 0 atom stereocenters. The Labute approximate surface area is 131 Å². The van der Waals surface area contributed by atoms with Gasteiger partial charge >= 0.3 is 0 Å². The Morgan fingerprint density at radius 1 is 1.68 bits per heavy atom. The minimum absolute atomic E-state index is 0.312. The maximum Gasteiger partial charge on any atom is 0.264 e. The minimum atomic E-state index is 0.312. The molecule has 0 heterocycles. The van der Waals surface area contributed by atoms with E-state index in [4.69, 9.17) is 33.8 Å². The highest BCUT2D eigenvalue weighted by Gasteiger charge is 2.18. The Morgan fingerprint density at radius 3 is 2.79 bits per heavy atom. The molecule has 6 heteroatoms. The molecule has 0 saturated heterocycles. The summed E-state index contributed by atoms with van der Waals surface area (Å²) in [5.74, 6) is 0.516. The van der Waals surface area contributed by atoms with Crippen LogP contribution >= 0.6 is 39.7 Å². The SMILES string of the molecule is C=CCc1c(Cl)c(C#N)cc(Br)c1OC(=S)N(C)C. The molecule has 3 nitrogen and oxygen atoms in total. The molecule has 0 amide bonds. The van der Waals surface area contributed by atoms with Crippen molar-refractivity contribution in [1.29, 1.82) is 5.26 Å². The van der Waals surface area contributed by atoms with Crippen LogP contribution in [-0.4, -0.2) is 24.2 Å². The lowest BCUT2D eigenvalue weighted by molar-refractivity contribution is 0.444. The highest BCUT2D eigenvalue weighted by molar-refractivity contribution is 9.10. The summed E-state index contributed by atoms with van der Waals surface area (Å²) in [4.78, 5) is 1.67. The van der Waals surface area contributed by atoms with Gasteiger partial charge in [-0.1, -0.05) is 17.7 Å². The Kier molecular flexibility index (Phi) is 5.80. The van der Waals surface area contributed by atoms with Crippen LogP contribution in [0.2, 0.25) is 5.02 Å². The lowest BCUT2D eigenvalue weighted by Crippen LogP contribution is -2.25. The van der Waals surface area contributed by atoms with Gasteiger partial charge in [0.15, 0.2) is 0 Å². The summed E-state index contributed by atoms with van der Waals surface area (Å²) < 4.78 is 6.27. The van der Waals surface area contributed by atoms with Crippen molar-refractivity contribution in [2.24, 2.45) is 0 Å². The molecule has 1 aromatic rings. The molecule has 1 rings (SSSR count). The highest BCUT2D eigenvalue weighted by atomic mass is 79.9. The molecule has 0 radical (unpaired) electrons. The summed E-state index contributed by atoms with van der Waals surface area (Å²) in [6.45, 7) is 3.68. The second-order valence-corrected chi connectivity index (χ2v) is 5.48. The Bertz CT molecular complexity index is 567. The number of halogens is 2. The fourth-order valence-electron chi connectivity index (χ4n) is 1.36. The van der Waals surface area contributed by atoms with E-state index in [1.807, 2.05) is 6.07 Å². The van der Waals surface area contributed by atoms with E-state index in [2.05, 4.69) is 22.5 Å². The van der Waals surface area contributed by atoms with Gasteiger partial charge in [-0.25, -0.2) is 0 Å². The number of rotatable bonds is 3. The van der Waals surface area contributed by atoms with Crippen LogP contribution in [0.25, 0.3) is 0 Å². The van der Waals surface area contributed by atoms with Crippen molar-refractivity contribution in [3.05, 3.63) is 39.3 Å². The summed E-state index contributed by atoms with van der Waals surface area (Å²) >= 11 is 14.7. The van der Waals surface area contributed by atoms with Gasteiger partial charge in [-0.15, -0.1) is 6.58 Å². The molecule has 0 aliphatic heterocycles. The molecule has 0 spiro atoms. The quantitative estimate of drug-likeness (QED) is 0.605. The van der Waals surface area contributed by atoms with Crippen LogP contribution in [0.4, 0.5) is 0 Å². The Balaban J connectivity index is 3.37. The van der Waals surface area contributed by atoms with E-state index >= 15 is 0 Å². The van der Waals surface area contributed by atoms with E-state index in [9.17, 15) is 0 Å². The number of nitrogens with zero attached hydrogens (tertiary/aromatic N) is 2. The van der Waals surface area contributed by atoms with Crippen LogP contribution in [0.5, 0.6) is 5.75 Å². The van der Waals surface area contributed by atoms with Crippen molar-refractivity contribution in [3.8, 4) is 11.8 Å². The first-order valence-electron chi connectivity index (χ1n) is 5.33. The van der Waals surface area contributed by atoms with Crippen LogP contribution in [-0.2, 0) is 6.42 Å². The van der Waals surface area contributed by atoms with Crippen molar-refractivity contribution in [2.45, 2.75) is 6.42 Å². The zero-order chi connectivity index (χ0) is 14.6. The van der Waals surface area contributed by atoms with E-state index < -0.39 is 0 Å². The smallest absolute Gasteiger partial charge is 0.264 e. The van der Waals surface area contributed by atoms with E-state index in [0.717, 1.165) is 0 Å². The van der Waals surface area contributed by atoms with Gasteiger partial charge in [0, 0.05) is 19.7 Å². The second-order valence-electron chi connectivity index (χ2n) is 3.89. The van der Waals surface area contributed by atoms with Gasteiger partial charge in [-0.05, 0) is 40.6 Å². The number of hydrogen-bond donors (Lipinski definition) is 0. The van der Waals surface area contributed by atoms with Crippen LogP contribution in [0.15, 0.2) is 23.2 Å². The van der Waals surface area contributed by atoms with Gasteiger partial charge in [0.2, 0.25) is 0 Å². The number of hydrogen-bond acceptors (Lipinski definition) is 3. The van der Waals surface area contributed by atoms with Crippen LogP contribution < -0.4 is 4.74 Å². The van der Waals surface area contributed by atoms with Crippen molar-refractivity contribution in [2.75, 3.05) is 14.1 Å². The minimum Gasteiger partial charge on any atom is -0.430 e. The summed E-state index contributed by atoms with van der Waals surface area (Å²) in [6, 6.07) is 3.66. The van der Waals surface area contributed by atoms with E-state index in [0.29, 0.717) is 38.0 Å². The van der Waals surface area contributed by atoms with Crippen LogP contribution in [0.1, 0.15) is 11.1 Å². The van der Waals surface area contributed by atoms with Gasteiger partial charge < -0.3 is 9.64 Å². The van der Waals surface area contributed by atoms with Gasteiger partial charge in [0.05, 0.1) is 15.1 Å². The Hall–Kier alpha value is -1.09. The first-order valence-corrected chi connectivity index (χ1v) is 6.91. The average Bonchev–Trinajstić information content (AvgIpc) is 2.37. The summed E-state index contributed by atoms with van der Waals surface area (Å²) in [7, 11) is 3.57. The molecule has 0 fully saturated rings. The van der Waals surface area contributed by atoms with Gasteiger partial charge in [-0.2, -0.15) is 5.26 Å². The molecule has 0 unspecified atom stereocenters. The predicted octanol–water partition coefficient (Wildman–Crippen LogP) is 3.93. The number of allylic oxidation sites excluding steroid dienone is 1. The lowest BCUT2D eigenvalue weighted by atomic mass is 10.1. The largest absolute Gasteiger partial charge is 0.430 e. The molecule has 0 aliphatic rings. The molecule has 0 N–H and O–H groups in total. The van der Waals surface area contributed by atoms with E-state index in [1.165, 1.54) is 0 Å². The maximum absolute atomic E-state index is 9.04. The standard InChI is InChI=1S/C13H12BrClN2OS/c1-4-5-9-11(15)8(7-16)6-10(14)12(9)18-13(19)17(2)3/h4,6H,1,5H2,2-3H3. The first-order chi connectivity index (χ1) is 8.92. The number of nitriles is 1. The van der Waals surface area contributed by atoms with Gasteiger partial charge in [0.25, 0.3) is 5.17 Å². The average molecular weight is 360 g/mol. The number of benzene rings is 1. The molecule has 1 aromatic carbocycles. The lowest BCUT2D eigenvalue weighted by Gasteiger charge is -2.18.